The van der Waals surface area contributed by atoms with Gasteiger partial charge in [-0.15, -0.1) is 0 Å². The quantitative estimate of drug-likeness (QED) is 0.858. The maximum atomic E-state index is 13.6. The average molecular weight is 243 g/mol. The molecule has 0 aliphatic carbocycles. The fraction of sp³-hybridized carbons (Fsp3) is 0.364. The Balaban J connectivity index is 2.32. The van der Waals surface area contributed by atoms with Crippen molar-refractivity contribution in [1.29, 1.82) is 0 Å². The summed E-state index contributed by atoms with van der Waals surface area (Å²) in [5, 5.41) is 3.33. The smallest absolute Gasteiger partial charge is 0.244 e. The Kier molecular flexibility index (Phi) is 3.12. The molecule has 0 spiro atoms. The molecule has 1 aromatic carbocycles. The second-order valence-electron chi connectivity index (χ2n) is 3.72. The largest absolute Gasteiger partial charge is 0.309 e. The highest BCUT2D eigenvalue weighted by molar-refractivity contribution is 6.31. The van der Waals surface area contributed by atoms with Gasteiger partial charge in [0.05, 0.1) is 11.7 Å². The zero-order valence-electron chi connectivity index (χ0n) is 8.84. The number of hydrogen-bond donors (Lipinski definition) is 1. The SMILES string of the molecule is CNC1CCN(c2cc(Cl)ccc2F)C1=O. The van der Waals surface area contributed by atoms with E-state index in [0.29, 0.717) is 18.0 Å². The maximum absolute atomic E-state index is 13.6. The summed E-state index contributed by atoms with van der Waals surface area (Å²) in [5.74, 6) is -0.529. The number of hydrogen-bond acceptors (Lipinski definition) is 2. The molecule has 1 atom stereocenters. The van der Waals surface area contributed by atoms with Gasteiger partial charge in [0.15, 0.2) is 0 Å². The van der Waals surface area contributed by atoms with Gasteiger partial charge in [-0.1, -0.05) is 11.6 Å². The number of likely N-dealkylation sites (N-methyl/N-ethyl adjacent to an activating group) is 1. The van der Waals surface area contributed by atoms with Crippen LogP contribution in [0.3, 0.4) is 0 Å². The fourth-order valence-electron chi connectivity index (χ4n) is 1.88. The number of anilines is 1. The van der Waals surface area contributed by atoms with Crippen molar-refractivity contribution in [3.05, 3.63) is 29.0 Å². The zero-order chi connectivity index (χ0) is 11.7. The molecule has 0 aromatic heterocycles. The van der Waals surface area contributed by atoms with E-state index < -0.39 is 5.82 Å². The molecule has 2 rings (SSSR count). The summed E-state index contributed by atoms with van der Waals surface area (Å²) in [5.41, 5.74) is 0.259. The molecule has 1 aromatic rings. The van der Waals surface area contributed by atoms with Crippen LogP contribution in [0.2, 0.25) is 5.02 Å². The number of rotatable bonds is 2. The van der Waals surface area contributed by atoms with Gasteiger partial charge in [-0.2, -0.15) is 0 Å². The molecule has 1 heterocycles. The maximum Gasteiger partial charge on any atom is 0.244 e. The van der Waals surface area contributed by atoms with Crippen molar-refractivity contribution in [1.82, 2.24) is 5.32 Å². The molecule has 0 radical (unpaired) electrons. The standard InChI is InChI=1S/C11H12ClFN2O/c1-14-9-4-5-15(11(9)16)10-6-7(12)2-3-8(10)13/h2-3,6,9,14H,4-5H2,1H3. The second-order valence-corrected chi connectivity index (χ2v) is 4.15. The molecule has 1 fully saturated rings. The van der Waals surface area contributed by atoms with E-state index in [9.17, 15) is 9.18 Å². The molecule has 0 saturated carbocycles. The molecular weight excluding hydrogens is 231 g/mol. The highest BCUT2D eigenvalue weighted by Crippen LogP contribution is 2.27. The molecule has 1 saturated heterocycles. The number of nitrogens with one attached hydrogen (secondary N) is 1. The van der Waals surface area contributed by atoms with Crippen molar-refractivity contribution in [3.8, 4) is 0 Å². The van der Waals surface area contributed by atoms with Crippen molar-refractivity contribution in [2.45, 2.75) is 12.5 Å². The summed E-state index contributed by atoms with van der Waals surface area (Å²) in [7, 11) is 1.72. The van der Waals surface area contributed by atoms with Gasteiger partial charge in [0.1, 0.15) is 5.82 Å². The van der Waals surface area contributed by atoms with Crippen molar-refractivity contribution in [2.24, 2.45) is 0 Å². The van der Waals surface area contributed by atoms with Crippen LogP contribution in [0.1, 0.15) is 6.42 Å². The number of amides is 1. The predicted octanol–water partition coefficient (Wildman–Crippen LogP) is 1.80. The van der Waals surface area contributed by atoms with E-state index in [1.54, 1.807) is 7.05 Å². The first-order chi connectivity index (χ1) is 7.63. The van der Waals surface area contributed by atoms with E-state index >= 15 is 0 Å². The van der Waals surface area contributed by atoms with Crippen molar-refractivity contribution < 1.29 is 9.18 Å². The molecular formula is C11H12ClFN2O. The highest BCUT2D eigenvalue weighted by atomic mass is 35.5. The first kappa shape index (κ1) is 11.4. The van der Waals surface area contributed by atoms with Gasteiger partial charge >= 0.3 is 0 Å². The van der Waals surface area contributed by atoms with Crippen molar-refractivity contribution in [2.75, 3.05) is 18.5 Å². The van der Waals surface area contributed by atoms with Gasteiger partial charge in [0.25, 0.3) is 0 Å². The number of halogens is 2. The van der Waals surface area contributed by atoms with Crippen molar-refractivity contribution >= 4 is 23.2 Å². The Bertz CT molecular complexity index is 424. The van der Waals surface area contributed by atoms with Gasteiger partial charge < -0.3 is 10.2 Å². The van der Waals surface area contributed by atoms with Crippen LogP contribution < -0.4 is 10.2 Å². The van der Waals surface area contributed by atoms with Crippen LogP contribution in [0.15, 0.2) is 18.2 Å². The lowest BCUT2D eigenvalue weighted by molar-refractivity contribution is -0.118. The first-order valence-electron chi connectivity index (χ1n) is 5.07. The zero-order valence-corrected chi connectivity index (χ0v) is 9.59. The third-order valence-corrected chi connectivity index (χ3v) is 2.99. The molecule has 1 N–H and O–H groups in total. The van der Waals surface area contributed by atoms with E-state index in [4.69, 9.17) is 11.6 Å². The molecule has 86 valence electrons. The topological polar surface area (TPSA) is 32.3 Å². The molecule has 1 unspecified atom stereocenters. The van der Waals surface area contributed by atoms with E-state index in [-0.39, 0.29) is 17.6 Å². The average Bonchev–Trinajstić information content (AvgIpc) is 2.63. The fourth-order valence-corrected chi connectivity index (χ4v) is 2.05. The lowest BCUT2D eigenvalue weighted by Gasteiger charge is -2.17. The number of nitrogens with zero attached hydrogens (tertiary/aromatic N) is 1. The van der Waals surface area contributed by atoms with E-state index in [1.165, 1.54) is 23.1 Å². The molecule has 1 aliphatic heterocycles. The minimum absolute atomic E-state index is 0.108. The van der Waals surface area contributed by atoms with Gasteiger partial charge in [-0.3, -0.25) is 4.79 Å². The van der Waals surface area contributed by atoms with Gasteiger partial charge in [-0.25, -0.2) is 4.39 Å². The van der Waals surface area contributed by atoms with Crippen LogP contribution in [0.4, 0.5) is 10.1 Å². The van der Waals surface area contributed by atoms with E-state index in [1.807, 2.05) is 0 Å². The molecule has 16 heavy (non-hydrogen) atoms. The predicted molar refractivity (Wildman–Crippen MR) is 61.2 cm³/mol. The summed E-state index contributed by atoms with van der Waals surface area (Å²) < 4.78 is 13.6. The van der Waals surface area contributed by atoms with Gasteiger partial charge in [0.2, 0.25) is 5.91 Å². The summed E-state index contributed by atoms with van der Waals surface area (Å²) in [6.45, 7) is 0.515. The molecule has 5 heteroatoms. The lowest BCUT2D eigenvalue weighted by atomic mass is 10.2. The normalized spacial score (nSPS) is 20.6. The van der Waals surface area contributed by atoms with Gasteiger partial charge in [-0.05, 0) is 31.7 Å². The Hall–Kier alpha value is -1.13. The van der Waals surface area contributed by atoms with Gasteiger partial charge in [0, 0.05) is 11.6 Å². The minimum atomic E-state index is -0.422. The number of carbonyl (C=O) groups is 1. The third kappa shape index (κ3) is 1.90. The Morgan fingerprint density at radius 3 is 2.94 bits per heavy atom. The Morgan fingerprint density at radius 1 is 1.56 bits per heavy atom. The Morgan fingerprint density at radius 2 is 2.31 bits per heavy atom. The van der Waals surface area contributed by atoms with E-state index in [2.05, 4.69) is 5.32 Å². The van der Waals surface area contributed by atoms with Crippen molar-refractivity contribution in [3.63, 3.8) is 0 Å². The monoisotopic (exact) mass is 242 g/mol. The first-order valence-corrected chi connectivity index (χ1v) is 5.45. The minimum Gasteiger partial charge on any atom is -0.309 e. The second kappa shape index (κ2) is 4.39. The summed E-state index contributed by atoms with van der Waals surface area (Å²) in [4.78, 5) is 13.3. The molecule has 3 nitrogen and oxygen atoms in total. The van der Waals surface area contributed by atoms with Crippen LogP contribution >= 0.6 is 11.6 Å². The van der Waals surface area contributed by atoms with Crippen LogP contribution in [0.25, 0.3) is 0 Å². The highest BCUT2D eigenvalue weighted by Gasteiger charge is 2.32. The molecule has 0 bridgehead atoms. The number of benzene rings is 1. The summed E-state index contributed by atoms with van der Waals surface area (Å²) in [6.07, 6.45) is 0.682. The van der Waals surface area contributed by atoms with Crippen LogP contribution in [-0.2, 0) is 4.79 Å². The molecule has 1 amide bonds. The number of carbonyl (C=O) groups excluding carboxylic acids is 1. The third-order valence-electron chi connectivity index (χ3n) is 2.75. The van der Waals surface area contributed by atoms with E-state index in [0.717, 1.165) is 0 Å². The van der Waals surface area contributed by atoms with Crippen LogP contribution in [0, 0.1) is 5.82 Å². The van der Waals surface area contributed by atoms with Crippen LogP contribution in [-0.4, -0.2) is 25.5 Å². The Labute approximate surface area is 98.2 Å². The summed E-state index contributed by atoms with van der Waals surface area (Å²) >= 11 is 5.79. The summed E-state index contributed by atoms with van der Waals surface area (Å²) in [6, 6.07) is 4.00. The van der Waals surface area contributed by atoms with Crippen LogP contribution in [0.5, 0.6) is 0 Å². The lowest BCUT2D eigenvalue weighted by Crippen LogP contribution is -2.36. The molecule has 1 aliphatic rings.